The number of amides is 2. The molecule has 6 nitrogen and oxygen atoms in total. The van der Waals surface area contributed by atoms with Crippen LogP contribution in [0.25, 0.3) is 0 Å². The fraction of sp³-hybridized carbons (Fsp3) is 0.500. The number of hydrogen-bond donors (Lipinski definition) is 2. The van der Waals surface area contributed by atoms with Crippen molar-refractivity contribution in [3.63, 3.8) is 0 Å². The molecule has 2 N–H and O–H groups in total. The van der Waals surface area contributed by atoms with Crippen molar-refractivity contribution < 1.29 is 18.8 Å². The molecular weight excluding hydrogens is 436 g/mol. The zero-order valence-electron chi connectivity index (χ0n) is 20.0. The third kappa shape index (κ3) is 10.3. The molecule has 1 aromatic carbocycles. The molecule has 2 atom stereocenters. The van der Waals surface area contributed by atoms with Crippen molar-refractivity contribution in [2.75, 3.05) is 5.75 Å². The van der Waals surface area contributed by atoms with Crippen LogP contribution in [0.3, 0.4) is 0 Å². The molecule has 0 unspecified atom stereocenters. The Morgan fingerprint density at radius 1 is 0.909 bits per heavy atom. The number of benzene rings is 1. The Balaban J connectivity index is 2.07. The van der Waals surface area contributed by atoms with E-state index in [9.17, 15) is 14.4 Å². The van der Waals surface area contributed by atoms with E-state index < -0.39 is 12.1 Å². The number of carbonyl (C=O) groups excluding carboxylic acids is 3. The van der Waals surface area contributed by atoms with Crippen molar-refractivity contribution in [2.24, 2.45) is 11.8 Å². The van der Waals surface area contributed by atoms with Crippen LogP contribution in [0.4, 0.5) is 0 Å². The third-order valence-corrected chi connectivity index (χ3v) is 5.99. The summed E-state index contributed by atoms with van der Waals surface area (Å²) in [6.45, 7) is 7.94. The van der Waals surface area contributed by atoms with Gasteiger partial charge in [-0.1, -0.05) is 58.0 Å². The summed E-state index contributed by atoms with van der Waals surface area (Å²) in [6.07, 6.45) is 2.88. The summed E-state index contributed by atoms with van der Waals surface area (Å²) in [6, 6.07) is 12.0. The number of carbonyl (C=O) groups is 3. The minimum Gasteiger partial charge on any atom is -0.468 e. The first-order chi connectivity index (χ1) is 15.7. The predicted octanol–water partition coefficient (Wildman–Crippen LogP) is 4.39. The summed E-state index contributed by atoms with van der Waals surface area (Å²) in [4.78, 5) is 38.6. The molecule has 1 heterocycles. The molecule has 2 aromatic rings. The van der Waals surface area contributed by atoms with Gasteiger partial charge >= 0.3 is 0 Å². The molecule has 0 radical (unpaired) electrons. The summed E-state index contributed by atoms with van der Waals surface area (Å²) in [5, 5.41) is 5.80. The highest BCUT2D eigenvalue weighted by molar-refractivity contribution is 7.99. The Kier molecular flexibility index (Phi) is 11.2. The van der Waals surface area contributed by atoms with Gasteiger partial charge in [-0.3, -0.25) is 14.4 Å². The minimum absolute atomic E-state index is 0.0550. The Morgan fingerprint density at radius 2 is 1.64 bits per heavy atom. The summed E-state index contributed by atoms with van der Waals surface area (Å²) >= 11 is 1.46. The molecule has 0 saturated heterocycles. The lowest BCUT2D eigenvalue weighted by Crippen LogP contribution is -2.53. The van der Waals surface area contributed by atoms with Gasteiger partial charge in [0.25, 0.3) is 0 Å². The normalized spacial score (nSPS) is 13.0. The van der Waals surface area contributed by atoms with Gasteiger partial charge in [-0.05, 0) is 42.4 Å². The van der Waals surface area contributed by atoms with Crippen LogP contribution >= 0.6 is 11.8 Å². The van der Waals surface area contributed by atoms with Gasteiger partial charge in [0.15, 0.2) is 5.78 Å². The van der Waals surface area contributed by atoms with Crippen LogP contribution in [0.1, 0.15) is 51.9 Å². The lowest BCUT2D eigenvalue weighted by molar-refractivity contribution is -0.131. The number of nitrogens with one attached hydrogen (secondary N) is 2. The predicted molar refractivity (Wildman–Crippen MR) is 133 cm³/mol. The Morgan fingerprint density at radius 3 is 2.24 bits per heavy atom. The summed E-state index contributed by atoms with van der Waals surface area (Å²) in [5.74, 6) is 1.55. The van der Waals surface area contributed by atoms with Crippen LogP contribution in [-0.4, -0.2) is 35.4 Å². The maximum Gasteiger partial charge on any atom is 0.243 e. The van der Waals surface area contributed by atoms with Gasteiger partial charge in [-0.2, -0.15) is 0 Å². The van der Waals surface area contributed by atoms with Crippen molar-refractivity contribution in [3.8, 4) is 0 Å². The van der Waals surface area contributed by atoms with Gasteiger partial charge in [0.1, 0.15) is 11.8 Å². The van der Waals surface area contributed by atoms with Crippen LogP contribution in [-0.2, 0) is 26.6 Å². The molecule has 0 saturated carbocycles. The maximum absolute atomic E-state index is 13.2. The molecule has 0 aliphatic rings. The third-order valence-electron chi connectivity index (χ3n) is 5.01. The molecule has 0 bridgehead atoms. The van der Waals surface area contributed by atoms with Crippen molar-refractivity contribution in [1.29, 1.82) is 0 Å². The molecule has 1 aromatic heterocycles. The van der Waals surface area contributed by atoms with Gasteiger partial charge < -0.3 is 15.1 Å². The second-order valence-electron chi connectivity index (χ2n) is 9.14. The molecule has 0 aliphatic heterocycles. The van der Waals surface area contributed by atoms with E-state index in [-0.39, 0.29) is 35.2 Å². The fourth-order valence-corrected chi connectivity index (χ4v) is 4.31. The van der Waals surface area contributed by atoms with Crippen LogP contribution in [0.15, 0.2) is 53.1 Å². The van der Waals surface area contributed by atoms with Crippen molar-refractivity contribution in [1.82, 2.24) is 10.6 Å². The standard InChI is InChI=1S/C26H36N2O4S/c1-18(2)13-23(27-25(30)14-19(3)4)26(31)28-22(15-20-9-6-5-7-10-20)24(29)17-33-16-21-11-8-12-32-21/h5-12,18-19,22-23H,13-17H2,1-4H3,(H,27,30)(H,28,31)/t22-,23-/m0/s1. The van der Waals surface area contributed by atoms with E-state index in [1.165, 1.54) is 11.8 Å². The van der Waals surface area contributed by atoms with Crippen molar-refractivity contribution >= 4 is 29.4 Å². The zero-order chi connectivity index (χ0) is 24.2. The molecule has 0 fully saturated rings. The number of rotatable bonds is 14. The number of Topliss-reactive ketones (excluding diaryl/α,β-unsaturated/α-hetero) is 1. The molecule has 7 heteroatoms. The maximum atomic E-state index is 13.2. The topological polar surface area (TPSA) is 88.4 Å². The number of hydrogen-bond acceptors (Lipinski definition) is 5. The van der Waals surface area contributed by atoms with E-state index >= 15 is 0 Å². The molecule has 180 valence electrons. The summed E-state index contributed by atoms with van der Waals surface area (Å²) in [5.41, 5.74) is 0.969. The van der Waals surface area contributed by atoms with E-state index in [0.717, 1.165) is 11.3 Å². The van der Waals surface area contributed by atoms with Crippen LogP contribution in [0.5, 0.6) is 0 Å². The monoisotopic (exact) mass is 472 g/mol. The first-order valence-corrected chi connectivity index (χ1v) is 12.7. The summed E-state index contributed by atoms with van der Waals surface area (Å²) in [7, 11) is 0. The Hall–Kier alpha value is -2.54. The second kappa shape index (κ2) is 13.9. The molecule has 2 rings (SSSR count). The highest BCUT2D eigenvalue weighted by atomic mass is 32.2. The van der Waals surface area contributed by atoms with E-state index in [0.29, 0.717) is 25.0 Å². The number of thioether (sulfide) groups is 1. The number of ketones is 1. The smallest absolute Gasteiger partial charge is 0.243 e. The van der Waals surface area contributed by atoms with Gasteiger partial charge in [0.2, 0.25) is 11.8 Å². The van der Waals surface area contributed by atoms with E-state index in [2.05, 4.69) is 10.6 Å². The Bertz CT molecular complexity index is 866. The fourth-order valence-electron chi connectivity index (χ4n) is 3.44. The van der Waals surface area contributed by atoms with Gasteiger partial charge in [0, 0.05) is 6.42 Å². The molecule has 33 heavy (non-hydrogen) atoms. The van der Waals surface area contributed by atoms with E-state index in [4.69, 9.17) is 4.42 Å². The quantitative estimate of drug-likeness (QED) is 0.426. The van der Waals surface area contributed by atoms with Crippen molar-refractivity contribution in [2.45, 2.75) is 64.8 Å². The first kappa shape index (κ1) is 26.7. The second-order valence-corrected chi connectivity index (χ2v) is 10.1. The molecule has 0 spiro atoms. The Labute approximate surface area is 201 Å². The molecule has 0 aliphatic carbocycles. The first-order valence-electron chi connectivity index (χ1n) is 11.5. The zero-order valence-corrected chi connectivity index (χ0v) is 20.8. The molecular formula is C26H36N2O4S. The van der Waals surface area contributed by atoms with Gasteiger partial charge in [0.05, 0.1) is 23.8 Å². The largest absolute Gasteiger partial charge is 0.468 e. The van der Waals surface area contributed by atoms with Crippen LogP contribution in [0, 0.1) is 11.8 Å². The van der Waals surface area contributed by atoms with Gasteiger partial charge in [-0.15, -0.1) is 11.8 Å². The van der Waals surface area contributed by atoms with Crippen LogP contribution in [0.2, 0.25) is 0 Å². The highest BCUT2D eigenvalue weighted by Crippen LogP contribution is 2.15. The highest BCUT2D eigenvalue weighted by Gasteiger charge is 2.27. The minimum atomic E-state index is -0.668. The molecule has 2 amide bonds. The van der Waals surface area contributed by atoms with Gasteiger partial charge in [-0.25, -0.2) is 0 Å². The SMILES string of the molecule is CC(C)CC(=O)N[C@@H](CC(C)C)C(=O)N[C@@H](Cc1ccccc1)C(=O)CSCc1ccco1. The van der Waals surface area contributed by atoms with Crippen molar-refractivity contribution in [3.05, 3.63) is 60.1 Å². The average Bonchev–Trinajstić information content (AvgIpc) is 3.26. The summed E-state index contributed by atoms with van der Waals surface area (Å²) < 4.78 is 5.33. The lowest BCUT2D eigenvalue weighted by atomic mass is 9.99. The lowest BCUT2D eigenvalue weighted by Gasteiger charge is -2.24. The number of furan rings is 1. The average molecular weight is 473 g/mol. The van der Waals surface area contributed by atoms with E-state index in [1.54, 1.807) is 6.26 Å². The van der Waals surface area contributed by atoms with E-state index in [1.807, 2.05) is 70.2 Å². The van der Waals surface area contributed by atoms with Crippen LogP contribution < -0.4 is 10.6 Å².